The molecule has 1 heterocycles. The number of imidazole rings is 1. The summed E-state index contributed by atoms with van der Waals surface area (Å²) in [5, 5.41) is 3.06. The third-order valence-electron chi connectivity index (χ3n) is 6.53. The Balaban J connectivity index is 1.36. The molecule has 0 aliphatic carbocycles. The van der Waals surface area contributed by atoms with Crippen molar-refractivity contribution in [3.63, 3.8) is 0 Å². The van der Waals surface area contributed by atoms with Crippen LogP contribution in [0.1, 0.15) is 60.1 Å². The Morgan fingerprint density at radius 3 is 2.47 bits per heavy atom. The first kappa shape index (κ1) is 25.5. The van der Waals surface area contributed by atoms with E-state index < -0.39 is 0 Å². The zero-order valence-corrected chi connectivity index (χ0v) is 22.1. The molecule has 0 spiro atoms. The Morgan fingerprint density at radius 1 is 1.00 bits per heavy atom. The van der Waals surface area contributed by atoms with Gasteiger partial charge in [0.05, 0.1) is 17.6 Å². The number of amides is 1. The number of nitrogens with one attached hydrogen (secondary N) is 1. The van der Waals surface area contributed by atoms with Gasteiger partial charge in [0, 0.05) is 18.5 Å². The number of ether oxygens (including phenoxy) is 1. The molecule has 188 valence electrons. The molecule has 0 bridgehead atoms. The quantitative estimate of drug-likeness (QED) is 0.281. The number of fused-ring (bicyclic) bond motifs is 1. The predicted molar refractivity (Wildman–Crippen MR) is 147 cm³/mol. The average Bonchev–Trinajstić information content (AvgIpc) is 3.19. The number of hydrogen-bond donors (Lipinski definition) is 1. The van der Waals surface area contributed by atoms with E-state index in [0.29, 0.717) is 19.7 Å². The lowest BCUT2D eigenvalue weighted by atomic mass is 9.87. The molecular weight excluding hydrogens is 446 g/mol. The number of rotatable bonds is 9. The molecule has 0 unspecified atom stereocenters. The zero-order valence-electron chi connectivity index (χ0n) is 22.1. The van der Waals surface area contributed by atoms with Crippen molar-refractivity contribution in [1.29, 1.82) is 0 Å². The molecule has 1 aromatic heterocycles. The molecule has 1 N–H and O–H groups in total. The van der Waals surface area contributed by atoms with Crippen LogP contribution in [0.5, 0.6) is 5.75 Å². The van der Waals surface area contributed by atoms with Crippen molar-refractivity contribution in [3.8, 4) is 5.75 Å². The van der Waals surface area contributed by atoms with Crippen LogP contribution in [0.3, 0.4) is 0 Å². The first-order chi connectivity index (χ1) is 17.2. The minimum absolute atomic E-state index is 0.0214. The van der Waals surface area contributed by atoms with Crippen molar-refractivity contribution < 1.29 is 9.53 Å². The number of hydrogen-bond acceptors (Lipinski definition) is 3. The smallest absolute Gasteiger partial charge is 0.251 e. The normalized spacial score (nSPS) is 11.6. The SMILES string of the molecule is Cc1ccc(C(=O)NCCCc2nc3ccccc3n2CCOc2ccc(C(C)(C)C)cc2)c(C)c1. The molecule has 5 nitrogen and oxygen atoms in total. The van der Waals surface area contributed by atoms with Crippen molar-refractivity contribution in [1.82, 2.24) is 14.9 Å². The molecule has 1 amide bonds. The predicted octanol–water partition coefficient (Wildman–Crippen LogP) is 6.39. The summed E-state index contributed by atoms with van der Waals surface area (Å²) in [6, 6.07) is 22.5. The molecule has 0 atom stereocenters. The van der Waals surface area contributed by atoms with Crippen molar-refractivity contribution in [3.05, 3.63) is 94.8 Å². The van der Waals surface area contributed by atoms with Crippen molar-refractivity contribution in [2.45, 2.75) is 59.4 Å². The highest BCUT2D eigenvalue weighted by Crippen LogP contribution is 2.24. The maximum Gasteiger partial charge on any atom is 0.251 e. The minimum Gasteiger partial charge on any atom is -0.492 e. The summed E-state index contributed by atoms with van der Waals surface area (Å²) >= 11 is 0. The van der Waals surface area contributed by atoms with Crippen molar-refractivity contribution >= 4 is 16.9 Å². The number of carbonyl (C=O) groups is 1. The summed E-state index contributed by atoms with van der Waals surface area (Å²) in [5.74, 6) is 1.87. The van der Waals surface area contributed by atoms with E-state index >= 15 is 0 Å². The van der Waals surface area contributed by atoms with Crippen LogP contribution in [0.25, 0.3) is 11.0 Å². The molecule has 36 heavy (non-hydrogen) atoms. The lowest BCUT2D eigenvalue weighted by molar-refractivity contribution is 0.0952. The van der Waals surface area contributed by atoms with Gasteiger partial charge in [-0.1, -0.05) is 62.7 Å². The van der Waals surface area contributed by atoms with E-state index in [-0.39, 0.29) is 11.3 Å². The first-order valence-corrected chi connectivity index (χ1v) is 12.8. The molecular formula is C31H37N3O2. The Labute approximate surface area is 214 Å². The highest BCUT2D eigenvalue weighted by atomic mass is 16.5. The van der Waals surface area contributed by atoms with E-state index in [0.717, 1.165) is 52.1 Å². The van der Waals surface area contributed by atoms with Crippen LogP contribution in [-0.2, 0) is 18.4 Å². The number of benzene rings is 3. The molecule has 0 aliphatic heterocycles. The van der Waals surface area contributed by atoms with Gasteiger partial charge in [-0.3, -0.25) is 4.79 Å². The molecule has 0 radical (unpaired) electrons. The van der Waals surface area contributed by atoms with Gasteiger partial charge in [0.15, 0.2) is 0 Å². The average molecular weight is 484 g/mol. The van der Waals surface area contributed by atoms with E-state index in [4.69, 9.17) is 9.72 Å². The number of carbonyl (C=O) groups excluding carboxylic acids is 1. The lowest BCUT2D eigenvalue weighted by Crippen LogP contribution is -2.25. The Morgan fingerprint density at radius 2 is 1.75 bits per heavy atom. The number of para-hydroxylation sites is 2. The highest BCUT2D eigenvalue weighted by molar-refractivity contribution is 5.95. The topological polar surface area (TPSA) is 56.2 Å². The zero-order chi connectivity index (χ0) is 25.7. The fourth-order valence-electron chi connectivity index (χ4n) is 4.48. The molecule has 0 saturated heterocycles. The van der Waals surface area contributed by atoms with Gasteiger partial charge in [0.25, 0.3) is 5.91 Å². The van der Waals surface area contributed by atoms with Crippen LogP contribution in [0.2, 0.25) is 0 Å². The highest BCUT2D eigenvalue weighted by Gasteiger charge is 2.14. The van der Waals surface area contributed by atoms with Gasteiger partial charge in [-0.15, -0.1) is 0 Å². The largest absolute Gasteiger partial charge is 0.492 e. The van der Waals surface area contributed by atoms with E-state index in [2.05, 4.69) is 48.9 Å². The minimum atomic E-state index is -0.0214. The molecule has 0 fully saturated rings. The summed E-state index contributed by atoms with van der Waals surface area (Å²) in [6.07, 6.45) is 1.59. The van der Waals surface area contributed by atoms with E-state index in [1.807, 2.05) is 62.4 Å². The van der Waals surface area contributed by atoms with Gasteiger partial charge >= 0.3 is 0 Å². The fourth-order valence-corrected chi connectivity index (χ4v) is 4.48. The Bertz CT molecular complexity index is 1330. The second kappa shape index (κ2) is 11.0. The van der Waals surface area contributed by atoms with Crippen LogP contribution in [-0.4, -0.2) is 28.6 Å². The van der Waals surface area contributed by atoms with Crippen LogP contribution >= 0.6 is 0 Å². The summed E-state index contributed by atoms with van der Waals surface area (Å²) in [7, 11) is 0. The Hall–Kier alpha value is -3.60. The van der Waals surface area contributed by atoms with Crippen LogP contribution in [0.15, 0.2) is 66.7 Å². The maximum atomic E-state index is 12.6. The monoisotopic (exact) mass is 483 g/mol. The second-order valence-corrected chi connectivity index (χ2v) is 10.5. The van der Waals surface area contributed by atoms with Gasteiger partial charge in [-0.25, -0.2) is 4.98 Å². The summed E-state index contributed by atoms with van der Waals surface area (Å²) in [6.45, 7) is 12.5. The fraction of sp³-hybridized carbons (Fsp3) is 0.355. The molecule has 3 aromatic carbocycles. The van der Waals surface area contributed by atoms with Gasteiger partial charge < -0.3 is 14.6 Å². The van der Waals surface area contributed by atoms with E-state index in [9.17, 15) is 4.79 Å². The van der Waals surface area contributed by atoms with Crippen molar-refractivity contribution in [2.24, 2.45) is 0 Å². The number of aromatic nitrogens is 2. The van der Waals surface area contributed by atoms with Crippen LogP contribution in [0, 0.1) is 13.8 Å². The third kappa shape index (κ3) is 6.14. The molecule has 0 aliphatic rings. The Kier molecular flexibility index (Phi) is 7.78. The summed E-state index contributed by atoms with van der Waals surface area (Å²) < 4.78 is 8.31. The van der Waals surface area contributed by atoms with Gasteiger partial charge in [-0.2, -0.15) is 0 Å². The lowest BCUT2D eigenvalue weighted by Gasteiger charge is -2.19. The van der Waals surface area contributed by atoms with Gasteiger partial charge in [-0.05, 0) is 67.1 Å². The van der Waals surface area contributed by atoms with Gasteiger partial charge in [0.1, 0.15) is 18.2 Å². The molecule has 4 rings (SSSR count). The second-order valence-electron chi connectivity index (χ2n) is 10.5. The standard InChI is InChI=1S/C31H37N3O2/c1-22-12-17-26(23(2)21-22)30(35)32-18-8-11-29-33-27-9-6-7-10-28(27)34(29)19-20-36-25-15-13-24(14-16-25)31(3,4)5/h6-7,9-10,12-17,21H,8,11,18-20H2,1-5H3,(H,32,35). The molecule has 0 saturated carbocycles. The maximum absolute atomic E-state index is 12.6. The molecule has 4 aromatic rings. The van der Waals surface area contributed by atoms with Crippen LogP contribution in [0.4, 0.5) is 0 Å². The molecule has 5 heteroatoms. The van der Waals surface area contributed by atoms with Crippen LogP contribution < -0.4 is 10.1 Å². The van der Waals surface area contributed by atoms with Gasteiger partial charge in [0.2, 0.25) is 0 Å². The third-order valence-corrected chi connectivity index (χ3v) is 6.53. The summed E-state index contributed by atoms with van der Waals surface area (Å²) in [4.78, 5) is 17.5. The number of nitrogens with zero attached hydrogens (tertiary/aromatic N) is 2. The number of aryl methyl sites for hydroxylation is 3. The first-order valence-electron chi connectivity index (χ1n) is 12.8. The van der Waals surface area contributed by atoms with Crippen molar-refractivity contribution in [2.75, 3.05) is 13.2 Å². The van der Waals surface area contributed by atoms with E-state index in [1.54, 1.807) is 0 Å². The summed E-state index contributed by atoms with van der Waals surface area (Å²) in [5.41, 5.74) is 6.42. The van der Waals surface area contributed by atoms with E-state index in [1.165, 1.54) is 5.56 Å².